The van der Waals surface area contributed by atoms with Crippen LogP contribution in [0.5, 0.6) is 0 Å². The molecule has 0 spiro atoms. The molecule has 0 radical (unpaired) electrons. The second kappa shape index (κ2) is 4.31. The summed E-state index contributed by atoms with van der Waals surface area (Å²) < 4.78 is 62.3. The van der Waals surface area contributed by atoms with E-state index in [9.17, 15) is 29.3 Å². The Morgan fingerprint density at radius 3 is 2.05 bits per heavy atom. The molecular weight excluding hydrogens is 373 g/mol. The van der Waals surface area contributed by atoms with Crippen LogP contribution in [0.1, 0.15) is 6.92 Å². The molecule has 116 valence electrons. The molecule has 2 N–H and O–H groups in total. The second-order valence-corrected chi connectivity index (χ2v) is 7.33. The summed E-state index contributed by atoms with van der Waals surface area (Å²) in [5, 5.41) is 11.6. The van der Waals surface area contributed by atoms with Crippen molar-refractivity contribution in [2.45, 2.75) is 17.4 Å². The second-order valence-electron chi connectivity index (χ2n) is 4.35. The molecule has 0 heterocycles. The van der Waals surface area contributed by atoms with Crippen LogP contribution >= 0.6 is 26.2 Å². The average Bonchev–Trinajstić information content (AvgIpc) is 2.26. The first-order valence-electron chi connectivity index (χ1n) is 5.10. The minimum Gasteiger partial charge on any atom is -0.379 e. The van der Waals surface area contributed by atoms with Crippen LogP contribution < -0.4 is 5.32 Å². The van der Waals surface area contributed by atoms with Gasteiger partial charge >= 0.3 is 10.2 Å². The topological polar surface area (TPSA) is 49.3 Å². The highest BCUT2D eigenvalue weighted by molar-refractivity contribution is 9.09. The Hall–Kier alpha value is -0.870. The maximum atomic E-state index is 12.5. The number of carbonyl (C=O) groups excluding carboxylic acids is 1. The predicted octanol–water partition coefficient (Wildman–Crippen LogP) is 4.43. The molecule has 1 amide bonds. The molecule has 0 aromatic heterocycles. The normalized spacial score (nSPS) is 18.6. The average molecular weight is 384 g/mol. The van der Waals surface area contributed by atoms with Gasteiger partial charge < -0.3 is 10.4 Å². The van der Waals surface area contributed by atoms with Crippen LogP contribution in [0.3, 0.4) is 0 Å². The fourth-order valence-corrected chi connectivity index (χ4v) is 2.03. The molecule has 0 saturated heterocycles. The van der Waals surface area contributed by atoms with Crippen LogP contribution in [0.4, 0.5) is 25.1 Å². The molecule has 1 aromatic rings. The predicted molar refractivity (Wildman–Crippen MR) is 70.9 cm³/mol. The number of halogens is 6. The fraction of sp³-hybridized carbons (Fsp3) is 0.300. The van der Waals surface area contributed by atoms with Crippen molar-refractivity contribution in [3.8, 4) is 0 Å². The summed E-state index contributed by atoms with van der Waals surface area (Å²) in [6.07, 6.45) is 0. The lowest BCUT2D eigenvalue weighted by Gasteiger charge is -2.40. The maximum absolute atomic E-state index is 12.5. The highest BCUT2D eigenvalue weighted by Crippen LogP contribution is 3.02. The van der Waals surface area contributed by atoms with Crippen molar-refractivity contribution < 1.29 is 29.3 Å². The van der Waals surface area contributed by atoms with Gasteiger partial charge in [-0.1, -0.05) is 35.4 Å². The van der Waals surface area contributed by atoms with Crippen molar-refractivity contribution in [3.63, 3.8) is 0 Å². The molecule has 1 rings (SSSR count). The molecule has 0 aliphatic heterocycles. The van der Waals surface area contributed by atoms with Gasteiger partial charge in [-0.3, -0.25) is 4.79 Å². The SMILES string of the molecule is C[C@](O)(CBr)C(=O)Nc1ccc(S(F)(F)(F)(F)F)cc1. The summed E-state index contributed by atoms with van der Waals surface area (Å²) in [5.41, 5.74) is -1.92. The monoisotopic (exact) mass is 383 g/mol. The van der Waals surface area contributed by atoms with Crippen molar-refractivity contribution in [1.82, 2.24) is 0 Å². The fourth-order valence-electron chi connectivity index (χ4n) is 1.12. The van der Waals surface area contributed by atoms with E-state index in [1.54, 1.807) is 0 Å². The Kier molecular flexibility index (Phi) is 3.70. The lowest BCUT2D eigenvalue weighted by atomic mass is 10.1. The molecular formula is C10H11BrF5NO2S. The van der Waals surface area contributed by atoms with E-state index < -0.39 is 26.6 Å². The molecule has 0 aliphatic carbocycles. The first kappa shape index (κ1) is 17.2. The number of amides is 1. The van der Waals surface area contributed by atoms with E-state index in [4.69, 9.17) is 0 Å². The molecule has 0 fully saturated rings. The van der Waals surface area contributed by atoms with Crippen molar-refractivity contribution in [2.24, 2.45) is 0 Å². The molecule has 3 nitrogen and oxygen atoms in total. The Labute approximate surface area is 120 Å². The standard InChI is InChI=1S/C10H11BrF5NO2S/c1-10(19,6-11)9(18)17-7-2-4-8(5-3-7)20(12,13,14,15)16/h2-5,19H,6H2,1H3,(H,17,18)/t10-/m0/s1. The number of carbonyl (C=O) groups is 1. The zero-order valence-electron chi connectivity index (χ0n) is 10.0. The van der Waals surface area contributed by atoms with Crippen molar-refractivity contribution in [2.75, 3.05) is 10.6 Å². The smallest absolute Gasteiger partial charge is 0.310 e. The van der Waals surface area contributed by atoms with E-state index in [0.29, 0.717) is 12.1 Å². The Bertz CT molecular complexity index is 528. The van der Waals surface area contributed by atoms with Gasteiger partial charge in [0.05, 0.1) is 0 Å². The van der Waals surface area contributed by atoms with E-state index in [0.717, 1.165) is 0 Å². The highest BCUT2D eigenvalue weighted by atomic mass is 79.9. The van der Waals surface area contributed by atoms with Crippen LogP contribution in [0, 0.1) is 0 Å². The van der Waals surface area contributed by atoms with E-state index in [1.165, 1.54) is 6.92 Å². The quantitative estimate of drug-likeness (QED) is 0.596. The minimum atomic E-state index is -9.71. The number of hydrogen-bond acceptors (Lipinski definition) is 2. The summed E-state index contributed by atoms with van der Waals surface area (Å²) in [6.45, 7) is 1.18. The third-order valence-electron chi connectivity index (χ3n) is 2.31. The summed E-state index contributed by atoms with van der Waals surface area (Å²) in [7, 11) is -9.71. The number of benzene rings is 1. The van der Waals surface area contributed by atoms with E-state index >= 15 is 0 Å². The first-order valence-corrected chi connectivity index (χ1v) is 8.17. The molecule has 0 saturated carbocycles. The Morgan fingerprint density at radius 1 is 1.25 bits per heavy atom. The minimum absolute atomic E-state index is 0.102. The molecule has 0 unspecified atom stereocenters. The molecule has 0 bridgehead atoms. The van der Waals surface area contributed by atoms with Gasteiger partial charge in [-0.25, -0.2) is 0 Å². The van der Waals surface area contributed by atoms with Crippen molar-refractivity contribution >= 4 is 37.7 Å². The zero-order valence-corrected chi connectivity index (χ0v) is 12.5. The van der Waals surface area contributed by atoms with Gasteiger partial charge in [-0.2, -0.15) is 0 Å². The van der Waals surface area contributed by atoms with E-state index in [-0.39, 0.29) is 23.2 Å². The van der Waals surface area contributed by atoms with Crippen LogP contribution in [0.25, 0.3) is 0 Å². The van der Waals surface area contributed by atoms with Crippen LogP contribution in [0.2, 0.25) is 0 Å². The number of nitrogens with one attached hydrogen (secondary N) is 1. The molecule has 10 heteroatoms. The third kappa shape index (κ3) is 4.32. The van der Waals surface area contributed by atoms with Crippen molar-refractivity contribution in [1.29, 1.82) is 0 Å². The Balaban J connectivity index is 2.98. The molecule has 1 aromatic carbocycles. The summed E-state index contributed by atoms with van der Waals surface area (Å²) in [4.78, 5) is 9.47. The summed E-state index contributed by atoms with van der Waals surface area (Å²) in [5.74, 6) is -0.880. The number of aliphatic hydroxyl groups is 1. The van der Waals surface area contributed by atoms with Crippen LogP contribution in [-0.4, -0.2) is 21.9 Å². The Morgan fingerprint density at radius 2 is 1.70 bits per heavy atom. The van der Waals surface area contributed by atoms with Gasteiger partial charge in [0, 0.05) is 11.0 Å². The van der Waals surface area contributed by atoms with Gasteiger partial charge in [0.2, 0.25) is 0 Å². The van der Waals surface area contributed by atoms with Crippen molar-refractivity contribution in [3.05, 3.63) is 24.3 Å². The lowest BCUT2D eigenvalue weighted by Crippen LogP contribution is -2.41. The molecule has 1 atom stereocenters. The third-order valence-corrected chi connectivity index (χ3v) is 4.56. The first-order chi connectivity index (χ1) is 8.65. The van der Waals surface area contributed by atoms with Gasteiger partial charge in [0.15, 0.2) is 0 Å². The van der Waals surface area contributed by atoms with Gasteiger partial charge in [0.1, 0.15) is 10.5 Å². The van der Waals surface area contributed by atoms with Crippen LogP contribution in [0.15, 0.2) is 29.2 Å². The van der Waals surface area contributed by atoms with Gasteiger partial charge in [-0.05, 0) is 31.2 Å². The van der Waals surface area contributed by atoms with E-state index in [2.05, 4.69) is 21.2 Å². The zero-order chi connectivity index (χ0) is 15.9. The number of hydrogen-bond donors (Lipinski definition) is 2. The maximum Gasteiger partial charge on any atom is 0.310 e. The number of anilines is 1. The van der Waals surface area contributed by atoms with Gasteiger partial charge in [-0.15, -0.1) is 0 Å². The van der Waals surface area contributed by atoms with Crippen LogP contribution in [-0.2, 0) is 4.79 Å². The summed E-state index contributed by atoms with van der Waals surface area (Å²) >= 11 is 2.88. The molecule has 20 heavy (non-hydrogen) atoms. The lowest BCUT2D eigenvalue weighted by molar-refractivity contribution is -0.130. The number of rotatable bonds is 4. The largest absolute Gasteiger partial charge is 0.379 e. The molecule has 0 aliphatic rings. The number of alkyl halides is 1. The van der Waals surface area contributed by atoms with Gasteiger partial charge in [0.25, 0.3) is 5.91 Å². The summed E-state index contributed by atoms with van der Waals surface area (Å²) in [6, 6.07) is 1.74. The van der Waals surface area contributed by atoms with E-state index in [1.807, 2.05) is 0 Å². The highest BCUT2D eigenvalue weighted by Gasteiger charge is 2.65.